The fraction of sp³-hybridized carbons (Fsp3) is 0.889. The first-order chi connectivity index (χ1) is 6.59. The highest BCUT2D eigenvalue weighted by molar-refractivity contribution is 5.76. The molecule has 0 aromatic heterocycles. The van der Waals surface area contributed by atoms with Crippen LogP contribution in [0.3, 0.4) is 0 Å². The number of halogens is 2. The first-order valence-corrected chi connectivity index (χ1v) is 4.90. The summed E-state index contributed by atoms with van der Waals surface area (Å²) in [6, 6.07) is 0.125. The van der Waals surface area contributed by atoms with E-state index in [0.717, 1.165) is 25.7 Å². The van der Waals surface area contributed by atoms with Crippen molar-refractivity contribution in [3.8, 4) is 0 Å². The molecule has 0 atom stereocenters. The van der Waals surface area contributed by atoms with Gasteiger partial charge in [-0.15, -0.1) is 0 Å². The molecule has 0 radical (unpaired) electrons. The summed E-state index contributed by atoms with van der Waals surface area (Å²) in [5.41, 5.74) is 5.16. The van der Waals surface area contributed by atoms with Crippen LogP contribution in [0.25, 0.3) is 0 Å². The molecule has 0 spiro atoms. The molecule has 0 aromatic carbocycles. The normalized spacial score (nSPS) is 27.9. The Morgan fingerprint density at radius 1 is 1.36 bits per heavy atom. The van der Waals surface area contributed by atoms with Crippen LogP contribution in [0, 0.1) is 5.92 Å². The van der Waals surface area contributed by atoms with Crippen LogP contribution in [-0.2, 0) is 4.79 Å². The van der Waals surface area contributed by atoms with Gasteiger partial charge in [0.25, 0.3) is 6.43 Å². The number of carbonyl (C=O) groups is 1. The summed E-state index contributed by atoms with van der Waals surface area (Å²) in [6.07, 6.45) is 0.663. The maximum Gasteiger partial charge on any atom is 0.250 e. The quantitative estimate of drug-likeness (QED) is 0.717. The highest BCUT2D eigenvalue weighted by Gasteiger charge is 2.24. The summed E-state index contributed by atoms with van der Waals surface area (Å²) in [7, 11) is 0. The van der Waals surface area contributed by atoms with Crippen molar-refractivity contribution in [2.45, 2.75) is 38.2 Å². The van der Waals surface area contributed by atoms with E-state index in [1.807, 2.05) is 0 Å². The van der Waals surface area contributed by atoms with Crippen molar-refractivity contribution in [1.82, 2.24) is 5.32 Å². The molecule has 0 bridgehead atoms. The number of nitrogens with two attached hydrogens (primary N) is 1. The van der Waals surface area contributed by atoms with Gasteiger partial charge < -0.3 is 11.1 Å². The van der Waals surface area contributed by atoms with E-state index in [0.29, 0.717) is 0 Å². The number of nitrogens with one attached hydrogen (secondary N) is 1. The molecule has 1 aliphatic rings. The minimum absolute atomic E-state index is 0.0559. The Morgan fingerprint density at radius 2 is 1.93 bits per heavy atom. The van der Waals surface area contributed by atoms with E-state index in [9.17, 15) is 13.6 Å². The number of primary amides is 1. The van der Waals surface area contributed by atoms with E-state index in [-0.39, 0.29) is 24.4 Å². The maximum atomic E-state index is 11.9. The highest BCUT2D eigenvalue weighted by Crippen LogP contribution is 2.23. The minimum atomic E-state index is -2.30. The van der Waals surface area contributed by atoms with E-state index >= 15 is 0 Å². The molecule has 14 heavy (non-hydrogen) atoms. The monoisotopic (exact) mass is 206 g/mol. The van der Waals surface area contributed by atoms with Crippen molar-refractivity contribution in [2.24, 2.45) is 11.7 Å². The molecular weight excluding hydrogens is 190 g/mol. The summed E-state index contributed by atoms with van der Waals surface area (Å²) in [5, 5.41) is 2.78. The Labute approximate surface area is 82.0 Å². The Kier molecular flexibility index (Phi) is 4.25. The minimum Gasteiger partial charge on any atom is -0.369 e. The molecule has 5 heteroatoms. The molecule has 0 saturated heterocycles. The van der Waals surface area contributed by atoms with Crippen molar-refractivity contribution in [2.75, 3.05) is 6.54 Å². The Bertz CT molecular complexity index is 191. The van der Waals surface area contributed by atoms with Crippen molar-refractivity contribution >= 4 is 5.91 Å². The van der Waals surface area contributed by atoms with Gasteiger partial charge in [-0.3, -0.25) is 4.79 Å². The van der Waals surface area contributed by atoms with Crippen LogP contribution in [0.1, 0.15) is 25.7 Å². The Morgan fingerprint density at radius 3 is 2.36 bits per heavy atom. The fourth-order valence-electron chi connectivity index (χ4n) is 1.84. The molecule has 0 unspecified atom stereocenters. The summed E-state index contributed by atoms with van der Waals surface area (Å²) in [6.45, 7) is -0.258. The van der Waals surface area contributed by atoms with Crippen LogP contribution < -0.4 is 11.1 Å². The molecule has 0 aliphatic heterocycles. The van der Waals surface area contributed by atoms with Gasteiger partial charge in [0, 0.05) is 12.0 Å². The first kappa shape index (κ1) is 11.4. The standard InChI is InChI=1S/C9H16F2N2O/c10-8(11)5-13-7-3-1-6(2-4-7)9(12)14/h6-8,13H,1-5H2,(H2,12,14). The van der Waals surface area contributed by atoms with E-state index in [2.05, 4.69) is 5.32 Å². The van der Waals surface area contributed by atoms with E-state index in [4.69, 9.17) is 5.73 Å². The van der Waals surface area contributed by atoms with Crippen molar-refractivity contribution in [1.29, 1.82) is 0 Å². The summed E-state index contributed by atoms with van der Waals surface area (Å²) >= 11 is 0. The van der Waals surface area contributed by atoms with Gasteiger partial charge in [0.05, 0.1) is 6.54 Å². The van der Waals surface area contributed by atoms with Gasteiger partial charge in [-0.25, -0.2) is 8.78 Å². The third kappa shape index (κ3) is 3.57. The maximum absolute atomic E-state index is 11.9. The fourth-order valence-corrected chi connectivity index (χ4v) is 1.84. The van der Waals surface area contributed by atoms with Gasteiger partial charge in [0.15, 0.2) is 0 Å². The second-order valence-electron chi connectivity index (χ2n) is 3.75. The largest absolute Gasteiger partial charge is 0.369 e. The molecule has 1 aliphatic carbocycles. The van der Waals surface area contributed by atoms with Crippen LogP contribution in [0.2, 0.25) is 0 Å². The van der Waals surface area contributed by atoms with Crippen LogP contribution in [-0.4, -0.2) is 24.9 Å². The Balaban J connectivity index is 2.19. The third-order valence-corrected chi connectivity index (χ3v) is 2.69. The molecule has 3 N–H and O–H groups in total. The molecule has 1 fully saturated rings. The average molecular weight is 206 g/mol. The lowest BCUT2D eigenvalue weighted by Gasteiger charge is -2.27. The van der Waals surface area contributed by atoms with Gasteiger partial charge in [0.2, 0.25) is 5.91 Å². The summed E-state index contributed by atoms with van der Waals surface area (Å²) in [5.74, 6) is -0.322. The van der Waals surface area contributed by atoms with E-state index in [1.54, 1.807) is 0 Å². The third-order valence-electron chi connectivity index (χ3n) is 2.69. The second-order valence-corrected chi connectivity index (χ2v) is 3.75. The highest BCUT2D eigenvalue weighted by atomic mass is 19.3. The smallest absolute Gasteiger partial charge is 0.250 e. The van der Waals surface area contributed by atoms with Crippen LogP contribution >= 0.6 is 0 Å². The van der Waals surface area contributed by atoms with Gasteiger partial charge in [0.1, 0.15) is 0 Å². The summed E-state index contributed by atoms with van der Waals surface area (Å²) in [4.78, 5) is 10.8. The molecule has 0 heterocycles. The lowest BCUT2D eigenvalue weighted by molar-refractivity contribution is -0.122. The number of alkyl halides is 2. The molecule has 0 aromatic rings. The van der Waals surface area contributed by atoms with Crippen LogP contribution in [0.5, 0.6) is 0 Å². The lowest BCUT2D eigenvalue weighted by atomic mass is 9.85. The Hall–Kier alpha value is -0.710. The second kappa shape index (κ2) is 5.24. The van der Waals surface area contributed by atoms with Crippen molar-refractivity contribution < 1.29 is 13.6 Å². The molecule has 1 rings (SSSR count). The lowest BCUT2D eigenvalue weighted by Crippen LogP contribution is -2.38. The van der Waals surface area contributed by atoms with Gasteiger partial charge >= 0.3 is 0 Å². The van der Waals surface area contributed by atoms with E-state index in [1.165, 1.54) is 0 Å². The zero-order chi connectivity index (χ0) is 10.6. The SMILES string of the molecule is NC(=O)C1CCC(NCC(F)F)CC1. The van der Waals surface area contributed by atoms with Crippen LogP contribution in [0.4, 0.5) is 8.78 Å². The molecule has 82 valence electrons. The average Bonchev–Trinajstić information content (AvgIpc) is 2.15. The first-order valence-electron chi connectivity index (χ1n) is 4.90. The topological polar surface area (TPSA) is 55.1 Å². The van der Waals surface area contributed by atoms with Gasteiger partial charge in [-0.1, -0.05) is 0 Å². The number of hydrogen-bond donors (Lipinski definition) is 2. The number of hydrogen-bond acceptors (Lipinski definition) is 2. The number of carbonyl (C=O) groups excluding carboxylic acids is 1. The predicted molar refractivity (Wildman–Crippen MR) is 48.9 cm³/mol. The number of amides is 1. The van der Waals surface area contributed by atoms with Crippen LogP contribution in [0.15, 0.2) is 0 Å². The zero-order valence-corrected chi connectivity index (χ0v) is 8.01. The van der Waals surface area contributed by atoms with Gasteiger partial charge in [-0.05, 0) is 25.7 Å². The predicted octanol–water partition coefficient (Wildman–Crippen LogP) is 0.885. The molecular formula is C9H16F2N2O. The van der Waals surface area contributed by atoms with Gasteiger partial charge in [-0.2, -0.15) is 0 Å². The van der Waals surface area contributed by atoms with Crippen molar-refractivity contribution in [3.05, 3.63) is 0 Å². The molecule has 1 saturated carbocycles. The van der Waals surface area contributed by atoms with Crippen molar-refractivity contribution in [3.63, 3.8) is 0 Å². The molecule has 1 amide bonds. The zero-order valence-electron chi connectivity index (χ0n) is 8.01. The number of rotatable bonds is 4. The summed E-state index contributed by atoms with van der Waals surface area (Å²) < 4.78 is 23.7. The van der Waals surface area contributed by atoms with E-state index < -0.39 is 6.43 Å². The molecule has 3 nitrogen and oxygen atoms in total.